The molecule has 55 heavy (non-hydrogen) atoms. The maximum Gasteiger partial charge on any atom is 0.416 e. The molecule has 312 valence electrons. The Morgan fingerprint density at radius 3 is 1.51 bits per heavy atom. The van der Waals surface area contributed by atoms with Crippen molar-refractivity contribution >= 4 is 23.3 Å². The third-order valence-corrected chi connectivity index (χ3v) is 8.54. The fourth-order valence-electron chi connectivity index (χ4n) is 5.53. The Bertz CT molecular complexity index is 1260. The maximum atomic E-state index is 13.1. The number of hydrogen-bond acceptors (Lipinski definition) is 10. The van der Waals surface area contributed by atoms with Crippen LogP contribution >= 0.6 is 0 Å². The van der Waals surface area contributed by atoms with Gasteiger partial charge in [0.25, 0.3) is 0 Å². The van der Waals surface area contributed by atoms with Crippen LogP contribution in [0.25, 0.3) is 0 Å². The molecule has 0 aliphatic heterocycles. The monoisotopic (exact) mass is 783 g/mol. The number of hydrogen-bond donors (Lipinski definition) is 1. The third kappa shape index (κ3) is 25.5. The second-order valence-corrected chi connectivity index (χ2v) is 13.2. The number of carbonyl (C=O) groups excluding carboxylic acids is 2. The standard InChI is InChI=1S/C42H64F3NO9/c1-2-3-4-5-6-7-8-9-10-11-12-13-14-22-40(47)54-33-31-52-29-27-50-25-23-49-24-26-51-28-30-53-32-34-55-41(48)38-20-15-16-21-39(38)46-37-19-17-18-36(35-37)42(43,44)45/h15-21,35,46H,2-14,22-34H2,1H3. The van der Waals surface area contributed by atoms with Crippen LogP contribution in [0.4, 0.5) is 24.5 Å². The number of esters is 2. The van der Waals surface area contributed by atoms with Crippen LogP contribution in [-0.4, -0.2) is 91.2 Å². The van der Waals surface area contributed by atoms with Crippen LogP contribution in [0.1, 0.15) is 113 Å². The molecule has 0 aliphatic carbocycles. The molecule has 13 heteroatoms. The fraction of sp³-hybridized carbons (Fsp3) is 0.667. The van der Waals surface area contributed by atoms with Gasteiger partial charge in [0, 0.05) is 12.1 Å². The van der Waals surface area contributed by atoms with Gasteiger partial charge in [-0.3, -0.25) is 4.79 Å². The zero-order chi connectivity index (χ0) is 39.7. The van der Waals surface area contributed by atoms with Crippen molar-refractivity contribution in [2.75, 3.05) is 84.6 Å². The maximum absolute atomic E-state index is 13.1. The van der Waals surface area contributed by atoms with Crippen molar-refractivity contribution in [2.24, 2.45) is 0 Å². The Hall–Kier alpha value is -3.23. The summed E-state index contributed by atoms with van der Waals surface area (Å²) in [5.74, 6) is -0.789. The van der Waals surface area contributed by atoms with E-state index in [4.69, 9.17) is 33.2 Å². The summed E-state index contributed by atoms with van der Waals surface area (Å²) in [7, 11) is 0. The van der Waals surface area contributed by atoms with E-state index in [1.54, 1.807) is 18.2 Å². The summed E-state index contributed by atoms with van der Waals surface area (Å²) in [4.78, 5) is 24.5. The van der Waals surface area contributed by atoms with Crippen molar-refractivity contribution in [2.45, 2.75) is 103 Å². The predicted molar refractivity (Wildman–Crippen MR) is 207 cm³/mol. The summed E-state index contributed by atoms with van der Waals surface area (Å²) < 4.78 is 77.0. The molecule has 0 aromatic heterocycles. The van der Waals surface area contributed by atoms with Crippen LogP contribution < -0.4 is 5.32 Å². The number of anilines is 2. The minimum atomic E-state index is -4.48. The number of nitrogens with one attached hydrogen (secondary N) is 1. The number of halogens is 3. The third-order valence-electron chi connectivity index (χ3n) is 8.54. The van der Waals surface area contributed by atoms with Gasteiger partial charge in [-0.05, 0) is 36.8 Å². The van der Waals surface area contributed by atoms with E-state index in [0.29, 0.717) is 71.6 Å². The van der Waals surface area contributed by atoms with Gasteiger partial charge in [0.2, 0.25) is 0 Å². The Morgan fingerprint density at radius 2 is 1.00 bits per heavy atom. The molecule has 0 fully saturated rings. The molecule has 1 N–H and O–H groups in total. The average molecular weight is 784 g/mol. The number of para-hydroxylation sites is 1. The highest BCUT2D eigenvalue weighted by Gasteiger charge is 2.30. The van der Waals surface area contributed by atoms with E-state index in [0.717, 1.165) is 25.0 Å². The first-order valence-corrected chi connectivity index (χ1v) is 20.1. The van der Waals surface area contributed by atoms with Gasteiger partial charge in [-0.2, -0.15) is 13.2 Å². The van der Waals surface area contributed by atoms with Gasteiger partial charge in [0.05, 0.1) is 82.9 Å². The van der Waals surface area contributed by atoms with Crippen LogP contribution in [0.3, 0.4) is 0 Å². The van der Waals surface area contributed by atoms with E-state index in [1.165, 1.54) is 88.8 Å². The predicted octanol–water partition coefficient (Wildman–Crippen LogP) is 9.71. The summed E-state index contributed by atoms with van der Waals surface area (Å²) in [6.45, 7) is 6.09. The molecule has 2 rings (SSSR count). The highest BCUT2D eigenvalue weighted by molar-refractivity contribution is 5.96. The fourth-order valence-corrected chi connectivity index (χ4v) is 5.53. The second kappa shape index (κ2) is 31.9. The first-order chi connectivity index (χ1) is 26.8. The zero-order valence-corrected chi connectivity index (χ0v) is 32.8. The van der Waals surface area contributed by atoms with E-state index < -0.39 is 17.7 Å². The van der Waals surface area contributed by atoms with E-state index >= 15 is 0 Å². The first kappa shape index (κ1) is 47.9. The Balaban J connectivity index is 1.31. The lowest BCUT2D eigenvalue weighted by Gasteiger charge is -2.13. The molecule has 0 heterocycles. The van der Waals surface area contributed by atoms with E-state index in [-0.39, 0.29) is 37.0 Å². The molecule has 0 radical (unpaired) electrons. The molecular formula is C42H64F3NO9. The number of rotatable bonds is 35. The molecule has 0 saturated heterocycles. The molecule has 0 aliphatic rings. The minimum Gasteiger partial charge on any atom is -0.463 e. The quantitative estimate of drug-likeness (QED) is 0.0536. The van der Waals surface area contributed by atoms with Gasteiger partial charge < -0.3 is 38.5 Å². The zero-order valence-electron chi connectivity index (χ0n) is 32.8. The van der Waals surface area contributed by atoms with Crippen LogP contribution in [-0.2, 0) is 44.1 Å². The summed E-state index contributed by atoms with van der Waals surface area (Å²) in [6.07, 6.45) is 12.6. The topological polar surface area (TPSA) is 111 Å². The lowest BCUT2D eigenvalue weighted by atomic mass is 10.0. The largest absolute Gasteiger partial charge is 0.463 e. The highest BCUT2D eigenvalue weighted by atomic mass is 19.4. The molecule has 0 saturated carbocycles. The van der Waals surface area contributed by atoms with Gasteiger partial charge >= 0.3 is 18.1 Å². The molecule has 0 bridgehead atoms. The molecule has 2 aromatic rings. The van der Waals surface area contributed by atoms with Crippen molar-refractivity contribution < 1.29 is 55.9 Å². The number of unbranched alkanes of at least 4 members (excludes halogenated alkanes) is 12. The summed E-state index contributed by atoms with van der Waals surface area (Å²) in [5.41, 5.74) is -0.0876. The van der Waals surface area contributed by atoms with Crippen LogP contribution in [0, 0.1) is 0 Å². The smallest absolute Gasteiger partial charge is 0.416 e. The minimum absolute atomic E-state index is 0.00209. The van der Waals surface area contributed by atoms with Crippen LogP contribution in [0.2, 0.25) is 0 Å². The summed E-state index contributed by atoms with van der Waals surface area (Å²) in [6, 6.07) is 11.1. The van der Waals surface area contributed by atoms with Gasteiger partial charge in [-0.25, -0.2) is 4.79 Å². The molecule has 0 spiro atoms. The number of benzene rings is 2. The summed E-state index contributed by atoms with van der Waals surface area (Å²) in [5, 5.41) is 2.86. The normalized spacial score (nSPS) is 11.5. The molecule has 0 amide bonds. The molecule has 10 nitrogen and oxygen atoms in total. The lowest BCUT2D eigenvalue weighted by Crippen LogP contribution is -2.16. The molecule has 2 aromatic carbocycles. The molecular weight excluding hydrogens is 719 g/mol. The summed E-state index contributed by atoms with van der Waals surface area (Å²) >= 11 is 0. The number of alkyl halides is 3. The van der Waals surface area contributed by atoms with Crippen LogP contribution in [0.15, 0.2) is 48.5 Å². The van der Waals surface area contributed by atoms with Gasteiger partial charge in [-0.1, -0.05) is 102 Å². The Morgan fingerprint density at radius 1 is 0.545 bits per heavy atom. The van der Waals surface area contributed by atoms with Crippen molar-refractivity contribution in [1.82, 2.24) is 0 Å². The second-order valence-electron chi connectivity index (χ2n) is 13.2. The van der Waals surface area contributed by atoms with E-state index in [9.17, 15) is 22.8 Å². The Kier molecular flexibility index (Phi) is 27.8. The molecule has 0 unspecified atom stereocenters. The highest BCUT2D eigenvalue weighted by Crippen LogP contribution is 2.32. The van der Waals surface area contributed by atoms with Crippen LogP contribution in [0.5, 0.6) is 0 Å². The van der Waals surface area contributed by atoms with Crippen molar-refractivity contribution in [3.63, 3.8) is 0 Å². The first-order valence-electron chi connectivity index (χ1n) is 20.1. The van der Waals surface area contributed by atoms with E-state index in [1.807, 2.05) is 0 Å². The van der Waals surface area contributed by atoms with Crippen molar-refractivity contribution in [3.05, 3.63) is 59.7 Å². The lowest BCUT2D eigenvalue weighted by molar-refractivity contribution is -0.145. The van der Waals surface area contributed by atoms with Gasteiger partial charge in [0.1, 0.15) is 13.2 Å². The van der Waals surface area contributed by atoms with Gasteiger partial charge in [-0.15, -0.1) is 0 Å². The van der Waals surface area contributed by atoms with Crippen molar-refractivity contribution in [1.29, 1.82) is 0 Å². The Labute approximate surface area is 326 Å². The number of carbonyl (C=O) groups is 2. The number of ether oxygens (including phenoxy) is 7. The average Bonchev–Trinajstić information content (AvgIpc) is 3.17. The van der Waals surface area contributed by atoms with E-state index in [2.05, 4.69) is 12.2 Å². The van der Waals surface area contributed by atoms with Gasteiger partial charge in [0.15, 0.2) is 0 Å². The van der Waals surface area contributed by atoms with Crippen molar-refractivity contribution in [3.8, 4) is 0 Å². The SMILES string of the molecule is CCCCCCCCCCCCCCCC(=O)OCCOCCOCCOCCOCCOCCOC(=O)c1ccccc1Nc1cccc(C(F)(F)F)c1. The molecule has 0 atom stereocenters.